The fourth-order valence-corrected chi connectivity index (χ4v) is 5.23. The molecule has 0 bridgehead atoms. The van der Waals surface area contributed by atoms with Gasteiger partial charge in [-0.1, -0.05) is 18.2 Å². The maximum Gasteiger partial charge on any atom is 0.255 e. The summed E-state index contributed by atoms with van der Waals surface area (Å²) in [7, 11) is 0. The molecule has 160 valence electrons. The number of morpholine rings is 1. The summed E-state index contributed by atoms with van der Waals surface area (Å²) in [5.74, 6) is -0.717. The molecule has 0 aliphatic carbocycles. The predicted molar refractivity (Wildman–Crippen MR) is 109 cm³/mol. The van der Waals surface area contributed by atoms with E-state index in [2.05, 4.69) is 15.5 Å². The lowest BCUT2D eigenvalue weighted by atomic mass is 9.87. The van der Waals surface area contributed by atoms with Crippen molar-refractivity contribution in [2.45, 2.75) is 50.4 Å². The van der Waals surface area contributed by atoms with Crippen LogP contribution >= 0.6 is 0 Å². The molecule has 5 rings (SSSR count). The summed E-state index contributed by atoms with van der Waals surface area (Å²) in [6.45, 7) is 5.56. The fraction of sp³-hybridized carbons (Fsp3) is 0.591. The van der Waals surface area contributed by atoms with Gasteiger partial charge in [0.15, 0.2) is 0 Å². The molecule has 3 amide bonds. The van der Waals surface area contributed by atoms with E-state index in [-0.39, 0.29) is 29.7 Å². The Balaban J connectivity index is 1.28. The Morgan fingerprint density at radius 3 is 2.73 bits per heavy atom. The normalized spacial score (nSPS) is 26.7. The van der Waals surface area contributed by atoms with Crippen LogP contribution in [0.5, 0.6) is 0 Å². The number of piperidine rings is 2. The highest BCUT2D eigenvalue weighted by Crippen LogP contribution is 2.32. The van der Waals surface area contributed by atoms with Gasteiger partial charge in [0.25, 0.3) is 5.91 Å². The number of hydrogen-bond donors (Lipinski definition) is 2. The lowest BCUT2D eigenvalue weighted by molar-refractivity contribution is -0.136. The van der Waals surface area contributed by atoms with Gasteiger partial charge >= 0.3 is 0 Å². The van der Waals surface area contributed by atoms with Gasteiger partial charge in [0.2, 0.25) is 11.8 Å². The Morgan fingerprint density at radius 2 is 2.00 bits per heavy atom. The molecule has 1 unspecified atom stereocenters. The van der Waals surface area contributed by atoms with E-state index in [1.165, 1.54) is 0 Å². The SMILES string of the molecule is O=C1CCC(N2Cc3cccc(CN4CCC5(CC4)COCCN5)c3C2=O)C(=O)N1. The van der Waals surface area contributed by atoms with Crippen molar-refractivity contribution >= 4 is 17.7 Å². The minimum absolute atomic E-state index is 0.0917. The quantitative estimate of drug-likeness (QED) is 0.699. The number of carbonyl (C=O) groups is 3. The summed E-state index contributed by atoms with van der Waals surface area (Å²) in [5, 5.41) is 6.01. The maximum atomic E-state index is 13.2. The second-order valence-corrected chi connectivity index (χ2v) is 8.89. The van der Waals surface area contributed by atoms with Crippen molar-refractivity contribution in [1.29, 1.82) is 0 Å². The van der Waals surface area contributed by atoms with Gasteiger partial charge in [-0.25, -0.2) is 0 Å². The molecular weight excluding hydrogens is 384 g/mol. The third-order valence-corrected chi connectivity index (χ3v) is 6.97. The van der Waals surface area contributed by atoms with Gasteiger partial charge in [-0.05, 0) is 30.4 Å². The van der Waals surface area contributed by atoms with Crippen LogP contribution in [0.3, 0.4) is 0 Å². The molecule has 3 fully saturated rings. The first-order valence-electron chi connectivity index (χ1n) is 10.9. The molecular formula is C22H28N4O4. The monoisotopic (exact) mass is 412 g/mol. The zero-order valence-corrected chi connectivity index (χ0v) is 17.1. The van der Waals surface area contributed by atoms with E-state index in [9.17, 15) is 14.4 Å². The fourth-order valence-electron chi connectivity index (χ4n) is 5.23. The Bertz CT molecular complexity index is 870. The van der Waals surface area contributed by atoms with Crippen LogP contribution in [0.2, 0.25) is 0 Å². The zero-order valence-electron chi connectivity index (χ0n) is 17.1. The van der Waals surface area contributed by atoms with Gasteiger partial charge in [0.05, 0.1) is 13.2 Å². The Kier molecular flexibility index (Phi) is 5.08. The largest absolute Gasteiger partial charge is 0.378 e. The van der Waals surface area contributed by atoms with Crippen molar-refractivity contribution in [3.05, 3.63) is 34.9 Å². The van der Waals surface area contributed by atoms with Crippen LogP contribution in [0.15, 0.2) is 18.2 Å². The average molecular weight is 412 g/mol. The molecule has 1 spiro atoms. The summed E-state index contributed by atoms with van der Waals surface area (Å²) in [6.07, 6.45) is 2.75. The van der Waals surface area contributed by atoms with Crippen molar-refractivity contribution in [3.63, 3.8) is 0 Å². The van der Waals surface area contributed by atoms with Crippen molar-refractivity contribution in [3.8, 4) is 0 Å². The van der Waals surface area contributed by atoms with Crippen molar-refractivity contribution in [2.75, 3.05) is 32.8 Å². The van der Waals surface area contributed by atoms with E-state index in [0.29, 0.717) is 13.0 Å². The van der Waals surface area contributed by atoms with E-state index in [0.717, 1.165) is 68.9 Å². The molecule has 8 nitrogen and oxygen atoms in total. The van der Waals surface area contributed by atoms with Gasteiger partial charge in [0, 0.05) is 50.2 Å². The maximum absolute atomic E-state index is 13.2. The summed E-state index contributed by atoms with van der Waals surface area (Å²) < 4.78 is 5.69. The van der Waals surface area contributed by atoms with E-state index >= 15 is 0 Å². The summed E-state index contributed by atoms with van der Waals surface area (Å²) >= 11 is 0. The number of carbonyl (C=O) groups excluding carboxylic acids is 3. The molecule has 4 heterocycles. The molecule has 2 N–H and O–H groups in total. The highest BCUT2D eigenvalue weighted by molar-refractivity contribution is 6.05. The van der Waals surface area contributed by atoms with E-state index in [1.54, 1.807) is 4.90 Å². The van der Waals surface area contributed by atoms with Gasteiger partial charge in [-0.2, -0.15) is 0 Å². The number of benzene rings is 1. The van der Waals surface area contributed by atoms with E-state index in [1.807, 2.05) is 18.2 Å². The molecule has 4 aliphatic heterocycles. The third kappa shape index (κ3) is 3.53. The smallest absolute Gasteiger partial charge is 0.255 e. The number of amides is 3. The summed E-state index contributed by atoms with van der Waals surface area (Å²) in [5.41, 5.74) is 2.84. The number of nitrogens with one attached hydrogen (secondary N) is 2. The lowest BCUT2D eigenvalue weighted by Crippen LogP contribution is -2.59. The lowest BCUT2D eigenvalue weighted by Gasteiger charge is -2.44. The minimum Gasteiger partial charge on any atom is -0.378 e. The molecule has 0 radical (unpaired) electrons. The standard InChI is InChI=1S/C22H28N4O4/c27-18-5-4-17(20(28)24-18)26-13-16-3-1-2-15(19(16)21(26)29)12-25-9-6-22(7-10-25)14-30-11-8-23-22/h1-3,17,23H,4-14H2,(H,24,27,28). The van der Waals surface area contributed by atoms with Crippen molar-refractivity contribution in [1.82, 2.24) is 20.4 Å². The highest BCUT2D eigenvalue weighted by atomic mass is 16.5. The van der Waals surface area contributed by atoms with Crippen LogP contribution in [0.4, 0.5) is 0 Å². The number of rotatable bonds is 3. The molecule has 30 heavy (non-hydrogen) atoms. The summed E-state index contributed by atoms with van der Waals surface area (Å²) in [6, 6.07) is 5.42. The number of hydrogen-bond acceptors (Lipinski definition) is 6. The predicted octanol–water partition coefficient (Wildman–Crippen LogP) is 0.402. The van der Waals surface area contributed by atoms with Crippen molar-refractivity contribution < 1.29 is 19.1 Å². The van der Waals surface area contributed by atoms with Crippen LogP contribution in [0, 0.1) is 0 Å². The topological polar surface area (TPSA) is 91.0 Å². The van der Waals surface area contributed by atoms with Crippen LogP contribution in [0.25, 0.3) is 0 Å². The number of likely N-dealkylation sites (tertiary alicyclic amines) is 1. The van der Waals surface area contributed by atoms with E-state index in [4.69, 9.17) is 4.74 Å². The third-order valence-electron chi connectivity index (χ3n) is 6.97. The first kappa shape index (κ1) is 19.7. The second-order valence-electron chi connectivity index (χ2n) is 8.89. The van der Waals surface area contributed by atoms with Crippen LogP contribution in [-0.4, -0.2) is 72.0 Å². The Labute approximate surface area is 175 Å². The first-order valence-corrected chi connectivity index (χ1v) is 10.9. The number of nitrogens with zero attached hydrogens (tertiary/aromatic N) is 2. The minimum atomic E-state index is -0.567. The highest BCUT2D eigenvalue weighted by Gasteiger charge is 2.41. The van der Waals surface area contributed by atoms with Gasteiger partial charge in [-0.15, -0.1) is 0 Å². The molecule has 3 saturated heterocycles. The number of fused-ring (bicyclic) bond motifs is 1. The summed E-state index contributed by atoms with van der Waals surface area (Å²) in [4.78, 5) is 41.0. The van der Waals surface area contributed by atoms with Crippen LogP contribution in [-0.2, 0) is 27.4 Å². The van der Waals surface area contributed by atoms with Crippen LogP contribution in [0.1, 0.15) is 47.2 Å². The molecule has 1 aromatic carbocycles. The molecule has 0 saturated carbocycles. The van der Waals surface area contributed by atoms with Gasteiger partial charge in [-0.3, -0.25) is 24.6 Å². The molecule has 4 aliphatic rings. The molecule has 1 atom stereocenters. The van der Waals surface area contributed by atoms with Crippen molar-refractivity contribution in [2.24, 2.45) is 0 Å². The zero-order chi connectivity index (χ0) is 20.7. The number of ether oxygens (including phenoxy) is 1. The molecule has 1 aromatic rings. The van der Waals surface area contributed by atoms with Crippen LogP contribution < -0.4 is 10.6 Å². The average Bonchev–Trinajstić information content (AvgIpc) is 3.08. The molecule has 0 aromatic heterocycles. The Hall–Kier alpha value is -2.29. The van der Waals surface area contributed by atoms with E-state index < -0.39 is 6.04 Å². The Morgan fingerprint density at radius 1 is 1.17 bits per heavy atom. The van der Waals surface area contributed by atoms with Gasteiger partial charge < -0.3 is 15.0 Å². The second kappa shape index (κ2) is 7.76. The van der Waals surface area contributed by atoms with Gasteiger partial charge in [0.1, 0.15) is 6.04 Å². The number of imide groups is 1. The molecule has 8 heteroatoms. The first-order chi connectivity index (χ1) is 14.5.